The molecule has 2 aromatic heterocycles. The highest BCUT2D eigenvalue weighted by atomic mass is 15.2. The molecule has 0 unspecified atom stereocenters. The van der Waals surface area contributed by atoms with Crippen LogP contribution >= 0.6 is 0 Å². The first-order valence-corrected chi connectivity index (χ1v) is 8.58. The number of anilines is 1. The molecule has 0 fully saturated rings. The molecule has 0 radical (unpaired) electrons. The molecule has 0 aliphatic rings. The summed E-state index contributed by atoms with van der Waals surface area (Å²) in [5, 5.41) is 4.58. The van der Waals surface area contributed by atoms with Gasteiger partial charge in [0.05, 0.1) is 23.1 Å². The van der Waals surface area contributed by atoms with Crippen LogP contribution in [-0.4, -0.2) is 27.6 Å². The third-order valence-electron chi connectivity index (χ3n) is 4.36. The molecule has 0 aliphatic heterocycles. The van der Waals surface area contributed by atoms with Gasteiger partial charge in [-0.3, -0.25) is 4.98 Å². The highest BCUT2D eigenvalue weighted by Crippen LogP contribution is 2.24. The molecule has 5 nitrogen and oxygen atoms in total. The summed E-state index contributed by atoms with van der Waals surface area (Å²) in [5.41, 5.74) is 9.95. The van der Waals surface area contributed by atoms with Crippen LogP contribution < -0.4 is 11.1 Å². The van der Waals surface area contributed by atoms with Gasteiger partial charge in [-0.2, -0.15) is 0 Å². The number of aromatic nitrogens is 3. The number of imidazole rings is 1. The summed E-state index contributed by atoms with van der Waals surface area (Å²) in [6.07, 6.45) is 2.76. The van der Waals surface area contributed by atoms with E-state index < -0.39 is 0 Å². The van der Waals surface area contributed by atoms with Crippen LogP contribution in [0.2, 0.25) is 0 Å². The summed E-state index contributed by atoms with van der Waals surface area (Å²) >= 11 is 0. The summed E-state index contributed by atoms with van der Waals surface area (Å²) in [5.74, 6) is 0.877. The molecule has 126 valence electrons. The lowest BCUT2D eigenvalue weighted by Crippen LogP contribution is -2.13. The number of nitrogens with one attached hydrogen (secondary N) is 1. The van der Waals surface area contributed by atoms with Crippen LogP contribution in [0.5, 0.6) is 0 Å². The Bertz CT molecular complexity index is 1000. The minimum Gasteiger partial charge on any atom is -0.356 e. The maximum atomic E-state index is 5.62. The quantitative estimate of drug-likeness (QED) is 0.531. The number of nitrogens with zero attached hydrogens (tertiary/aromatic N) is 3. The van der Waals surface area contributed by atoms with E-state index in [1.54, 1.807) is 0 Å². The van der Waals surface area contributed by atoms with Crippen molar-refractivity contribution in [3.8, 4) is 0 Å². The number of fused-ring (bicyclic) bond motifs is 2. The molecule has 2 heterocycles. The molecule has 4 rings (SSSR count). The molecule has 0 saturated heterocycles. The fourth-order valence-electron chi connectivity index (χ4n) is 3.14. The fraction of sp³-hybridized carbons (Fsp3) is 0.200. The Morgan fingerprint density at radius 2 is 1.88 bits per heavy atom. The second kappa shape index (κ2) is 6.91. The van der Waals surface area contributed by atoms with Gasteiger partial charge in [0.1, 0.15) is 0 Å². The van der Waals surface area contributed by atoms with Crippen molar-refractivity contribution in [1.82, 2.24) is 14.5 Å². The van der Waals surface area contributed by atoms with Crippen LogP contribution in [0.25, 0.3) is 21.9 Å². The second-order valence-electron chi connectivity index (χ2n) is 6.07. The molecule has 0 spiro atoms. The van der Waals surface area contributed by atoms with E-state index in [0.717, 1.165) is 47.4 Å². The van der Waals surface area contributed by atoms with Crippen LogP contribution in [0.15, 0.2) is 60.8 Å². The predicted octanol–water partition coefficient (Wildman–Crippen LogP) is 3.39. The van der Waals surface area contributed by atoms with Crippen molar-refractivity contribution in [2.75, 3.05) is 18.4 Å². The Morgan fingerprint density at radius 3 is 2.80 bits per heavy atom. The Balaban J connectivity index is 1.78. The lowest BCUT2D eigenvalue weighted by atomic mass is 10.1. The highest BCUT2D eigenvalue weighted by Gasteiger charge is 2.12. The largest absolute Gasteiger partial charge is 0.356 e. The van der Waals surface area contributed by atoms with E-state index >= 15 is 0 Å². The summed E-state index contributed by atoms with van der Waals surface area (Å²) < 4.78 is 2.22. The van der Waals surface area contributed by atoms with Gasteiger partial charge in [0.25, 0.3) is 0 Å². The smallest absolute Gasteiger partial charge is 0.204 e. The maximum Gasteiger partial charge on any atom is 0.204 e. The molecule has 2 aromatic carbocycles. The molecule has 0 bridgehead atoms. The van der Waals surface area contributed by atoms with Crippen LogP contribution in [0.4, 0.5) is 5.95 Å². The van der Waals surface area contributed by atoms with Gasteiger partial charge in [-0.15, -0.1) is 0 Å². The minimum atomic E-state index is 0.667. The summed E-state index contributed by atoms with van der Waals surface area (Å²) in [6.45, 7) is 2.20. The van der Waals surface area contributed by atoms with Crippen molar-refractivity contribution in [2.24, 2.45) is 5.73 Å². The molecule has 25 heavy (non-hydrogen) atoms. The SMILES string of the molecule is NCCCNc1nc2ccccc2n1Cc1cccc2cccnc12. The molecule has 3 N–H and O–H groups in total. The fourth-order valence-corrected chi connectivity index (χ4v) is 3.14. The zero-order chi connectivity index (χ0) is 17.1. The molecule has 0 aliphatic carbocycles. The number of pyridine rings is 1. The number of hydrogen-bond donors (Lipinski definition) is 2. The summed E-state index contributed by atoms with van der Waals surface area (Å²) in [4.78, 5) is 9.33. The van der Waals surface area contributed by atoms with Gasteiger partial charge in [0.15, 0.2) is 0 Å². The molecule has 5 heteroatoms. The van der Waals surface area contributed by atoms with E-state index in [4.69, 9.17) is 10.7 Å². The van der Waals surface area contributed by atoms with Crippen LogP contribution in [0, 0.1) is 0 Å². The maximum absolute atomic E-state index is 5.62. The van der Waals surface area contributed by atoms with E-state index in [-0.39, 0.29) is 0 Å². The van der Waals surface area contributed by atoms with E-state index in [2.05, 4.69) is 45.2 Å². The number of para-hydroxylation sites is 3. The van der Waals surface area contributed by atoms with E-state index in [1.165, 1.54) is 5.56 Å². The summed E-state index contributed by atoms with van der Waals surface area (Å²) in [6, 6.07) is 18.6. The number of benzene rings is 2. The van der Waals surface area contributed by atoms with Gasteiger partial charge in [-0.05, 0) is 36.7 Å². The monoisotopic (exact) mass is 331 g/mol. The Labute approximate surface area is 146 Å². The van der Waals surface area contributed by atoms with Crippen molar-refractivity contribution in [1.29, 1.82) is 0 Å². The highest BCUT2D eigenvalue weighted by molar-refractivity contribution is 5.83. The van der Waals surface area contributed by atoms with Gasteiger partial charge in [0, 0.05) is 18.1 Å². The number of rotatable bonds is 6. The van der Waals surface area contributed by atoms with Crippen molar-refractivity contribution in [3.63, 3.8) is 0 Å². The van der Waals surface area contributed by atoms with Crippen molar-refractivity contribution in [2.45, 2.75) is 13.0 Å². The first-order chi connectivity index (χ1) is 12.4. The Morgan fingerprint density at radius 1 is 1.00 bits per heavy atom. The molecule has 0 atom stereocenters. The van der Waals surface area contributed by atoms with Gasteiger partial charge in [-0.1, -0.05) is 36.4 Å². The molecule has 0 saturated carbocycles. The van der Waals surface area contributed by atoms with Crippen LogP contribution in [-0.2, 0) is 6.54 Å². The standard InChI is InChI=1S/C20H21N5/c21-11-5-13-23-20-24-17-9-1-2-10-18(17)25(20)14-16-7-3-6-15-8-4-12-22-19(15)16/h1-4,6-10,12H,5,11,13-14,21H2,(H,23,24). The van der Waals surface area contributed by atoms with Gasteiger partial charge in [-0.25, -0.2) is 4.98 Å². The lowest BCUT2D eigenvalue weighted by molar-refractivity contribution is 0.806. The first kappa shape index (κ1) is 15.6. The Kier molecular flexibility index (Phi) is 4.31. The normalized spacial score (nSPS) is 11.2. The first-order valence-electron chi connectivity index (χ1n) is 8.58. The zero-order valence-electron chi connectivity index (χ0n) is 14.0. The molecule has 0 amide bonds. The summed E-state index contributed by atoms with van der Waals surface area (Å²) in [7, 11) is 0. The second-order valence-corrected chi connectivity index (χ2v) is 6.07. The van der Waals surface area contributed by atoms with Crippen molar-refractivity contribution in [3.05, 3.63) is 66.4 Å². The topological polar surface area (TPSA) is 68.8 Å². The van der Waals surface area contributed by atoms with Crippen molar-refractivity contribution < 1.29 is 0 Å². The third kappa shape index (κ3) is 3.06. The predicted molar refractivity (Wildman–Crippen MR) is 103 cm³/mol. The lowest BCUT2D eigenvalue weighted by Gasteiger charge is -2.12. The van der Waals surface area contributed by atoms with E-state index in [9.17, 15) is 0 Å². The van der Waals surface area contributed by atoms with Crippen LogP contribution in [0.3, 0.4) is 0 Å². The zero-order valence-corrected chi connectivity index (χ0v) is 14.0. The van der Waals surface area contributed by atoms with E-state index in [0.29, 0.717) is 6.54 Å². The van der Waals surface area contributed by atoms with Crippen LogP contribution in [0.1, 0.15) is 12.0 Å². The average Bonchev–Trinajstić information content (AvgIpc) is 3.00. The van der Waals surface area contributed by atoms with Gasteiger partial charge < -0.3 is 15.6 Å². The number of hydrogen-bond acceptors (Lipinski definition) is 4. The minimum absolute atomic E-state index is 0.667. The van der Waals surface area contributed by atoms with Gasteiger partial charge >= 0.3 is 0 Å². The molecular weight excluding hydrogens is 310 g/mol. The average molecular weight is 331 g/mol. The Hall–Kier alpha value is -2.92. The van der Waals surface area contributed by atoms with Crippen molar-refractivity contribution >= 4 is 27.9 Å². The van der Waals surface area contributed by atoms with E-state index in [1.807, 2.05) is 30.5 Å². The van der Waals surface area contributed by atoms with Gasteiger partial charge in [0.2, 0.25) is 5.95 Å². The molecular formula is C20H21N5. The number of nitrogens with two attached hydrogens (primary N) is 1. The molecule has 4 aromatic rings. The third-order valence-corrected chi connectivity index (χ3v) is 4.36.